The van der Waals surface area contributed by atoms with Crippen LogP contribution in [0.3, 0.4) is 0 Å². The molecule has 0 aromatic carbocycles. The molecule has 1 aliphatic heterocycles. The lowest BCUT2D eigenvalue weighted by atomic mass is 9.91. The Labute approximate surface area is 67.4 Å². The van der Waals surface area contributed by atoms with Crippen molar-refractivity contribution in [3.63, 3.8) is 0 Å². The van der Waals surface area contributed by atoms with Crippen LogP contribution >= 0.6 is 0 Å². The highest BCUT2D eigenvalue weighted by molar-refractivity contribution is 5.60. The van der Waals surface area contributed by atoms with Gasteiger partial charge < -0.3 is 11.1 Å². The van der Waals surface area contributed by atoms with E-state index in [2.05, 4.69) is 31.1 Å². The number of nitrogens with one attached hydrogen (secondary N) is 1. The molecule has 62 valence electrons. The molecule has 0 spiro atoms. The Bertz CT molecular complexity index is 198. The Morgan fingerprint density at radius 1 is 1.55 bits per heavy atom. The molecular formula is C8H15N3. The summed E-state index contributed by atoms with van der Waals surface area (Å²) in [6.07, 6.45) is 3.43. The smallest absolute Gasteiger partial charge is 0.119 e. The maximum atomic E-state index is 5.61. The van der Waals surface area contributed by atoms with Crippen molar-refractivity contribution in [1.82, 2.24) is 5.32 Å². The Morgan fingerprint density at radius 2 is 2.18 bits per heavy atom. The van der Waals surface area contributed by atoms with Gasteiger partial charge in [-0.15, -0.1) is 0 Å². The van der Waals surface area contributed by atoms with Crippen molar-refractivity contribution < 1.29 is 0 Å². The van der Waals surface area contributed by atoms with Crippen LogP contribution in [0.15, 0.2) is 16.8 Å². The fraction of sp³-hybridized carbons (Fsp3) is 0.625. The van der Waals surface area contributed by atoms with Crippen molar-refractivity contribution in [2.75, 3.05) is 0 Å². The SMILES string of the molecule is CC(C)(C)C1=CC(N)N=CN1. The zero-order valence-electron chi connectivity index (χ0n) is 7.26. The maximum Gasteiger partial charge on any atom is 0.119 e. The van der Waals surface area contributed by atoms with Crippen LogP contribution in [0.25, 0.3) is 0 Å². The van der Waals surface area contributed by atoms with Gasteiger partial charge in [-0.3, -0.25) is 4.99 Å². The van der Waals surface area contributed by atoms with Gasteiger partial charge in [0.1, 0.15) is 6.17 Å². The number of rotatable bonds is 0. The van der Waals surface area contributed by atoms with E-state index >= 15 is 0 Å². The Morgan fingerprint density at radius 3 is 2.55 bits per heavy atom. The molecule has 3 heteroatoms. The van der Waals surface area contributed by atoms with Gasteiger partial charge in [-0.05, 0) is 6.08 Å². The van der Waals surface area contributed by atoms with Gasteiger partial charge in [0.25, 0.3) is 0 Å². The molecule has 1 rings (SSSR count). The summed E-state index contributed by atoms with van der Waals surface area (Å²) in [7, 11) is 0. The molecule has 11 heavy (non-hydrogen) atoms. The first kappa shape index (κ1) is 8.27. The minimum absolute atomic E-state index is 0.129. The third-order valence-electron chi connectivity index (χ3n) is 1.61. The van der Waals surface area contributed by atoms with E-state index in [4.69, 9.17) is 5.73 Å². The first-order valence-corrected chi connectivity index (χ1v) is 3.76. The second-order valence-electron chi connectivity index (χ2n) is 3.74. The molecule has 0 amide bonds. The fourth-order valence-electron chi connectivity index (χ4n) is 0.921. The standard InChI is InChI=1S/C8H15N3/c1-8(2,3)6-4-7(9)11-5-10-6/h4-5,7H,9H2,1-3H3,(H,10,11). The average Bonchev–Trinajstić information content (AvgIpc) is 1.86. The average molecular weight is 153 g/mol. The van der Waals surface area contributed by atoms with E-state index in [1.54, 1.807) is 6.34 Å². The van der Waals surface area contributed by atoms with Crippen LogP contribution in [0.1, 0.15) is 20.8 Å². The van der Waals surface area contributed by atoms with Crippen molar-refractivity contribution in [2.45, 2.75) is 26.9 Å². The van der Waals surface area contributed by atoms with E-state index < -0.39 is 0 Å². The molecule has 0 aromatic heterocycles. The minimum Gasteiger partial charge on any atom is -0.350 e. The van der Waals surface area contributed by atoms with Gasteiger partial charge in [-0.25, -0.2) is 0 Å². The lowest BCUT2D eigenvalue weighted by Gasteiger charge is -2.25. The van der Waals surface area contributed by atoms with Gasteiger partial charge in [0.05, 0.1) is 6.34 Å². The van der Waals surface area contributed by atoms with E-state index in [0.29, 0.717) is 0 Å². The van der Waals surface area contributed by atoms with E-state index in [1.807, 2.05) is 6.08 Å². The molecule has 0 saturated heterocycles. The van der Waals surface area contributed by atoms with Crippen LogP contribution in [0.5, 0.6) is 0 Å². The number of nitrogens with two attached hydrogens (primary N) is 1. The third-order valence-corrected chi connectivity index (χ3v) is 1.61. The van der Waals surface area contributed by atoms with Crippen LogP contribution in [0.4, 0.5) is 0 Å². The monoisotopic (exact) mass is 153 g/mol. The van der Waals surface area contributed by atoms with Gasteiger partial charge in [-0.1, -0.05) is 20.8 Å². The predicted octanol–water partition coefficient (Wildman–Crippen LogP) is 0.833. The minimum atomic E-state index is -0.175. The summed E-state index contributed by atoms with van der Waals surface area (Å²) in [5, 5.41) is 3.08. The van der Waals surface area contributed by atoms with Gasteiger partial charge in [-0.2, -0.15) is 0 Å². The first-order valence-electron chi connectivity index (χ1n) is 3.76. The number of allylic oxidation sites excluding steroid dienone is 1. The van der Waals surface area contributed by atoms with Crippen molar-refractivity contribution in [3.05, 3.63) is 11.8 Å². The number of nitrogens with zero attached hydrogens (tertiary/aromatic N) is 1. The molecule has 1 aliphatic rings. The normalized spacial score (nSPS) is 24.4. The Kier molecular flexibility index (Phi) is 2.00. The zero-order valence-corrected chi connectivity index (χ0v) is 7.26. The highest BCUT2D eigenvalue weighted by Gasteiger charge is 2.18. The number of hydrogen-bond acceptors (Lipinski definition) is 3. The molecule has 0 aromatic rings. The molecule has 1 unspecified atom stereocenters. The van der Waals surface area contributed by atoms with Crippen LogP contribution in [0, 0.1) is 5.41 Å². The Balaban J connectivity index is 2.75. The predicted molar refractivity (Wildman–Crippen MR) is 47.1 cm³/mol. The fourth-order valence-corrected chi connectivity index (χ4v) is 0.921. The van der Waals surface area contributed by atoms with Crippen molar-refractivity contribution in [1.29, 1.82) is 0 Å². The third kappa shape index (κ3) is 2.05. The van der Waals surface area contributed by atoms with Gasteiger partial charge in [0, 0.05) is 11.1 Å². The quantitative estimate of drug-likeness (QED) is 0.541. The van der Waals surface area contributed by atoms with E-state index in [9.17, 15) is 0 Å². The molecule has 3 N–H and O–H groups in total. The highest BCUT2D eigenvalue weighted by atomic mass is 15.1. The number of aliphatic imine (C=N–C) groups is 1. The Hall–Kier alpha value is -0.830. The summed E-state index contributed by atoms with van der Waals surface area (Å²) in [4.78, 5) is 3.96. The molecule has 3 nitrogen and oxygen atoms in total. The molecule has 1 heterocycles. The maximum absolute atomic E-state index is 5.61. The van der Waals surface area contributed by atoms with E-state index in [-0.39, 0.29) is 11.6 Å². The highest BCUT2D eigenvalue weighted by Crippen LogP contribution is 2.23. The van der Waals surface area contributed by atoms with Crippen molar-refractivity contribution in [2.24, 2.45) is 16.1 Å². The second kappa shape index (κ2) is 2.66. The first-order chi connectivity index (χ1) is 5.00. The van der Waals surface area contributed by atoms with Gasteiger partial charge >= 0.3 is 0 Å². The summed E-state index contributed by atoms with van der Waals surface area (Å²) in [5.41, 5.74) is 6.88. The van der Waals surface area contributed by atoms with Crippen LogP contribution < -0.4 is 11.1 Å². The molecule has 0 saturated carbocycles. The summed E-state index contributed by atoms with van der Waals surface area (Å²) in [6.45, 7) is 6.41. The van der Waals surface area contributed by atoms with Crippen molar-refractivity contribution >= 4 is 6.34 Å². The zero-order chi connectivity index (χ0) is 8.48. The largest absolute Gasteiger partial charge is 0.350 e. The molecule has 1 atom stereocenters. The molecule has 0 aliphatic carbocycles. The van der Waals surface area contributed by atoms with E-state index in [0.717, 1.165) is 5.70 Å². The molecular weight excluding hydrogens is 138 g/mol. The van der Waals surface area contributed by atoms with Crippen LogP contribution in [0.2, 0.25) is 0 Å². The number of hydrogen-bond donors (Lipinski definition) is 2. The van der Waals surface area contributed by atoms with Crippen molar-refractivity contribution in [3.8, 4) is 0 Å². The lowest BCUT2D eigenvalue weighted by molar-refractivity contribution is 0.476. The summed E-state index contributed by atoms with van der Waals surface area (Å²) < 4.78 is 0. The van der Waals surface area contributed by atoms with Crippen LogP contribution in [-0.4, -0.2) is 12.5 Å². The molecule has 0 radical (unpaired) electrons. The van der Waals surface area contributed by atoms with Gasteiger partial charge in [0.2, 0.25) is 0 Å². The molecule has 0 fully saturated rings. The summed E-state index contributed by atoms with van der Waals surface area (Å²) in [5.74, 6) is 0. The van der Waals surface area contributed by atoms with E-state index in [1.165, 1.54) is 0 Å². The lowest BCUT2D eigenvalue weighted by Crippen LogP contribution is -2.31. The van der Waals surface area contributed by atoms with Crippen LogP contribution in [-0.2, 0) is 0 Å². The second-order valence-corrected chi connectivity index (χ2v) is 3.74. The molecule has 0 bridgehead atoms. The summed E-state index contributed by atoms with van der Waals surface area (Å²) >= 11 is 0. The van der Waals surface area contributed by atoms with Gasteiger partial charge in [0.15, 0.2) is 0 Å². The topological polar surface area (TPSA) is 50.4 Å². The summed E-state index contributed by atoms with van der Waals surface area (Å²) in [6, 6.07) is 0.